The third-order valence-corrected chi connectivity index (χ3v) is 2.75. The zero-order chi connectivity index (χ0) is 9.68. The normalized spacial score (nSPS) is 29.4. The van der Waals surface area contributed by atoms with Gasteiger partial charge in [0.15, 0.2) is 0 Å². The van der Waals surface area contributed by atoms with Crippen molar-refractivity contribution in [1.82, 2.24) is 5.32 Å². The van der Waals surface area contributed by atoms with E-state index in [9.17, 15) is 0 Å². The van der Waals surface area contributed by atoms with Crippen LogP contribution in [0.15, 0.2) is 12.7 Å². The van der Waals surface area contributed by atoms with Gasteiger partial charge in [0.1, 0.15) is 0 Å². The Kier molecular flexibility index (Phi) is 4.46. The molecule has 0 aromatic heterocycles. The van der Waals surface area contributed by atoms with Gasteiger partial charge in [-0.1, -0.05) is 6.08 Å². The van der Waals surface area contributed by atoms with Crippen molar-refractivity contribution in [3.63, 3.8) is 0 Å². The molecule has 13 heavy (non-hydrogen) atoms. The first kappa shape index (κ1) is 10.7. The second-order valence-corrected chi connectivity index (χ2v) is 3.96. The van der Waals surface area contributed by atoms with Gasteiger partial charge in [-0.25, -0.2) is 0 Å². The van der Waals surface area contributed by atoms with Crippen molar-refractivity contribution in [1.29, 1.82) is 0 Å². The van der Waals surface area contributed by atoms with Gasteiger partial charge in [0.05, 0.1) is 6.10 Å². The molecule has 0 radical (unpaired) electrons. The fraction of sp³-hybridized carbons (Fsp3) is 0.818. The van der Waals surface area contributed by atoms with Crippen LogP contribution in [0.5, 0.6) is 0 Å². The van der Waals surface area contributed by atoms with Crippen molar-refractivity contribution >= 4 is 0 Å². The van der Waals surface area contributed by atoms with E-state index < -0.39 is 0 Å². The van der Waals surface area contributed by atoms with Gasteiger partial charge in [-0.05, 0) is 32.6 Å². The molecule has 2 heteroatoms. The summed E-state index contributed by atoms with van der Waals surface area (Å²) in [5, 5.41) is 3.59. The van der Waals surface area contributed by atoms with Crippen LogP contribution < -0.4 is 5.32 Å². The fourth-order valence-electron chi connectivity index (χ4n) is 1.75. The summed E-state index contributed by atoms with van der Waals surface area (Å²) in [6, 6.07) is 1.30. The summed E-state index contributed by atoms with van der Waals surface area (Å²) < 4.78 is 5.22. The number of hydrogen-bond acceptors (Lipinski definition) is 2. The predicted octanol–water partition coefficient (Wildman–Crippen LogP) is 2.11. The Bertz CT molecular complexity index is 152. The van der Waals surface area contributed by atoms with Crippen LogP contribution >= 0.6 is 0 Å². The SMILES string of the molecule is C=CCCC(C)NC1CC(OC)C1. The first-order valence-corrected chi connectivity index (χ1v) is 5.16. The van der Waals surface area contributed by atoms with Gasteiger partial charge < -0.3 is 10.1 Å². The molecule has 76 valence electrons. The van der Waals surface area contributed by atoms with Crippen LogP contribution in [0.4, 0.5) is 0 Å². The molecule has 1 fully saturated rings. The predicted molar refractivity (Wildman–Crippen MR) is 55.8 cm³/mol. The highest BCUT2D eigenvalue weighted by atomic mass is 16.5. The molecule has 0 amide bonds. The molecule has 0 spiro atoms. The van der Waals surface area contributed by atoms with Gasteiger partial charge >= 0.3 is 0 Å². The van der Waals surface area contributed by atoms with E-state index in [0.29, 0.717) is 18.2 Å². The number of rotatable bonds is 6. The Balaban J connectivity index is 2.02. The largest absolute Gasteiger partial charge is 0.381 e. The number of ether oxygens (including phenoxy) is 1. The quantitative estimate of drug-likeness (QED) is 0.637. The first-order chi connectivity index (χ1) is 6.26. The van der Waals surface area contributed by atoms with Crippen LogP contribution in [0.3, 0.4) is 0 Å². The maximum atomic E-state index is 5.22. The lowest BCUT2D eigenvalue weighted by Crippen LogP contribution is -2.48. The summed E-state index contributed by atoms with van der Waals surface area (Å²) in [5.74, 6) is 0. The summed E-state index contributed by atoms with van der Waals surface area (Å²) in [7, 11) is 1.79. The van der Waals surface area contributed by atoms with Gasteiger partial charge in [0.2, 0.25) is 0 Å². The molecule has 2 nitrogen and oxygen atoms in total. The Labute approximate surface area is 81.4 Å². The van der Waals surface area contributed by atoms with Crippen molar-refractivity contribution < 1.29 is 4.74 Å². The molecule has 0 aromatic carbocycles. The van der Waals surface area contributed by atoms with E-state index in [0.717, 1.165) is 6.42 Å². The third kappa shape index (κ3) is 3.49. The van der Waals surface area contributed by atoms with Crippen LogP contribution in [-0.4, -0.2) is 25.3 Å². The third-order valence-electron chi connectivity index (χ3n) is 2.75. The molecule has 1 rings (SSSR count). The zero-order valence-corrected chi connectivity index (χ0v) is 8.75. The monoisotopic (exact) mass is 183 g/mol. The minimum absolute atomic E-state index is 0.504. The highest BCUT2D eigenvalue weighted by molar-refractivity contribution is 4.87. The van der Waals surface area contributed by atoms with E-state index in [1.165, 1.54) is 19.3 Å². The molecular formula is C11H21NO. The average Bonchev–Trinajstić information content (AvgIpc) is 2.07. The highest BCUT2D eigenvalue weighted by Crippen LogP contribution is 2.23. The lowest BCUT2D eigenvalue weighted by Gasteiger charge is -2.36. The minimum Gasteiger partial charge on any atom is -0.381 e. The lowest BCUT2D eigenvalue weighted by molar-refractivity contribution is 0.0146. The molecule has 1 saturated carbocycles. The summed E-state index contributed by atoms with van der Waals surface area (Å²) in [4.78, 5) is 0. The molecule has 0 bridgehead atoms. The molecule has 1 unspecified atom stereocenters. The highest BCUT2D eigenvalue weighted by Gasteiger charge is 2.29. The van der Waals surface area contributed by atoms with E-state index in [1.54, 1.807) is 7.11 Å². The van der Waals surface area contributed by atoms with Gasteiger partial charge in [0, 0.05) is 19.2 Å². The number of hydrogen-bond donors (Lipinski definition) is 1. The zero-order valence-electron chi connectivity index (χ0n) is 8.75. The molecule has 1 aliphatic rings. The van der Waals surface area contributed by atoms with Crippen LogP contribution in [-0.2, 0) is 4.74 Å². The standard InChI is InChI=1S/C11H21NO/c1-4-5-6-9(2)12-10-7-11(8-10)13-3/h4,9-12H,1,5-8H2,2-3H3. The van der Waals surface area contributed by atoms with E-state index in [2.05, 4.69) is 18.8 Å². The van der Waals surface area contributed by atoms with Crippen molar-refractivity contribution in [2.24, 2.45) is 0 Å². The Morgan fingerprint density at radius 1 is 1.62 bits per heavy atom. The fourth-order valence-corrected chi connectivity index (χ4v) is 1.75. The van der Waals surface area contributed by atoms with Crippen LogP contribution in [0, 0.1) is 0 Å². The molecular weight excluding hydrogens is 162 g/mol. The van der Waals surface area contributed by atoms with Crippen molar-refractivity contribution in [3.8, 4) is 0 Å². The van der Waals surface area contributed by atoms with E-state index in [4.69, 9.17) is 4.74 Å². The van der Waals surface area contributed by atoms with Crippen LogP contribution in [0.2, 0.25) is 0 Å². The van der Waals surface area contributed by atoms with Crippen molar-refractivity contribution in [2.45, 2.75) is 50.8 Å². The summed E-state index contributed by atoms with van der Waals surface area (Å²) in [6.45, 7) is 5.96. The van der Waals surface area contributed by atoms with Gasteiger partial charge in [-0.15, -0.1) is 6.58 Å². The van der Waals surface area contributed by atoms with Crippen LogP contribution in [0.25, 0.3) is 0 Å². The summed E-state index contributed by atoms with van der Waals surface area (Å²) >= 11 is 0. The second kappa shape index (κ2) is 5.40. The van der Waals surface area contributed by atoms with Gasteiger partial charge in [-0.3, -0.25) is 0 Å². The molecule has 0 aromatic rings. The Morgan fingerprint density at radius 3 is 2.85 bits per heavy atom. The molecule has 0 heterocycles. The van der Waals surface area contributed by atoms with Gasteiger partial charge in [-0.2, -0.15) is 0 Å². The maximum Gasteiger partial charge on any atom is 0.0601 e. The molecule has 1 N–H and O–H groups in total. The van der Waals surface area contributed by atoms with E-state index >= 15 is 0 Å². The molecule has 1 aliphatic carbocycles. The minimum atomic E-state index is 0.504. The van der Waals surface area contributed by atoms with Crippen molar-refractivity contribution in [2.75, 3.05) is 7.11 Å². The number of nitrogens with one attached hydrogen (secondary N) is 1. The smallest absolute Gasteiger partial charge is 0.0601 e. The number of methoxy groups -OCH3 is 1. The molecule has 1 atom stereocenters. The topological polar surface area (TPSA) is 21.3 Å². The first-order valence-electron chi connectivity index (χ1n) is 5.16. The summed E-state index contributed by atoms with van der Waals surface area (Å²) in [5.41, 5.74) is 0. The average molecular weight is 183 g/mol. The second-order valence-electron chi connectivity index (χ2n) is 3.96. The number of allylic oxidation sites excluding steroid dienone is 1. The Hall–Kier alpha value is -0.340. The molecule has 0 aliphatic heterocycles. The van der Waals surface area contributed by atoms with Gasteiger partial charge in [0.25, 0.3) is 0 Å². The Morgan fingerprint density at radius 2 is 2.31 bits per heavy atom. The van der Waals surface area contributed by atoms with Crippen LogP contribution in [0.1, 0.15) is 32.6 Å². The van der Waals surface area contributed by atoms with E-state index in [1.807, 2.05) is 6.08 Å². The summed E-state index contributed by atoms with van der Waals surface area (Å²) in [6.07, 6.45) is 7.14. The lowest BCUT2D eigenvalue weighted by atomic mass is 9.88. The van der Waals surface area contributed by atoms with Crippen molar-refractivity contribution in [3.05, 3.63) is 12.7 Å². The maximum absolute atomic E-state index is 5.22. The molecule has 0 saturated heterocycles. The van der Waals surface area contributed by atoms with E-state index in [-0.39, 0.29) is 0 Å².